The van der Waals surface area contributed by atoms with E-state index in [2.05, 4.69) is 10.2 Å². The number of hydrogen-bond donors (Lipinski definition) is 1. The standard InChI is InChI=1S/C17H20FN3O/c18-16-6-2-1-5-15(16)14-8-9-21(12-14)17(22)7-3-4-13-10-19-20-11-13/h1-2,5-6,10-11,14H,3-4,7-9,12H2,(H,19,20)/t14-/m0/s1. The maximum absolute atomic E-state index is 13.8. The number of benzene rings is 1. The van der Waals surface area contributed by atoms with Gasteiger partial charge in [-0.1, -0.05) is 18.2 Å². The molecule has 1 aliphatic rings. The van der Waals surface area contributed by atoms with Gasteiger partial charge in [0, 0.05) is 31.6 Å². The smallest absolute Gasteiger partial charge is 0.222 e. The lowest BCUT2D eigenvalue weighted by atomic mass is 9.98. The van der Waals surface area contributed by atoms with Crippen LogP contribution in [0.25, 0.3) is 0 Å². The molecule has 1 amide bonds. The quantitative estimate of drug-likeness (QED) is 0.923. The first kappa shape index (κ1) is 14.8. The number of H-pyrrole nitrogens is 1. The zero-order chi connectivity index (χ0) is 15.4. The number of aryl methyl sites for hydroxylation is 1. The molecule has 1 aliphatic heterocycles. The van der Waals surface area contributed by atoms with Crippen molar-refractivity contribution in [3.05, 3.63) is 53.6 Å². The number of nitrogens with one attached hydrogen (secondary N) is 1. The highest BCUT2D eigenvalue weighted by Gasteiger charge is 2.28. The Balaban J connectivity index is 1.49. The molecule has 3 rings (SSSR count). The highest BCUT2D eigenvalue weighted by atomic mass is 19.1. The molecular weight excluding hydrogens is 281 g/mol. The Labute approximate surface area is 129 Å². The SMILES string of the molecule is O=C(CCCc1cn[nH]c1)N1CC[C@H](c2ccccc2F)C1. The second-order valence-corrected chi connectivity index (χ2v) is 5.81. The molecule has 2 heterocycles. The Bertz CT molecular complexity index is 627. The minimum absolute atomic E-state index is 0.124. The average Bonchev–Trinajstić information content (AvgIpc) is 3.19. The Kier molecular flexibility index (Phi) is 4.51. The number of likely N-dealkylation sites (tertiary alicyclic amines) is 1. The lowest BCUT2D eigenvalue weighted by Crippen LogP contribution is -2.28. The first-order valence-electron chi connectivity index (χ1n) is 7.74. The predicted octanol–water partition coefficient (Wildman–Crippen LogP) is 2.89. The molecule has 2 aromatic rings. The monoisotopic (exact) mass is 301 g/mol. The fraction of sp³-hybridized carbons (Fsp3) is 0.412. The number of carbonyl (C=O) groups is 1. The predicted molar refractivity (Wildman–Crippen MR) is 81.9 cm³/mol. The van der Waals surface area contributed by atoms with Crippen LogP contribution >= 0.6 is 0 Å². The molecule has 5 heteroatoms. The Hall–Kier alpha value is -2.17. The van der Waals surface area contributed by atoms with Gasteiger partial charge in [0.1, 0.15) is 5.82 Å². The van der Waals surface area contributed by atoms with E-state index in [1.54, 1.807) is 12.3 Å². The minimum atomic E-state index is -0.165. The minimum Gasteiger partial charge on any atom is -0.342 e. The maximum atomic E-state index is 13.8. The summed E-state index contributed by atoms with van der Waals surface area (Å²) in [4.78, 5) is 14.1. The lowest BCUT2D eigenvalue weighted by molar-refractivity contribution is -0.130. The van der Waals surface area contributed by atoms with Crippen LogP contribution in [0.15, 0.2) is 36.7 Å². The molecule has 1 fully saturated rings. The number of aromatic nitrogens is 2. The summed E-state index contributed by atoms with van der Waals surface area (Å²) in [7, 11) is 0. The summed E-state index contributed by atoms with van der Waals surface area (Å²) in [5, 5.41) is 6.66. The van der Waals surface area contributed by atoms with E-state index in [9.17, 15) is 9.18 Å². The molecule has 1 aromatic heterocycles. The van der Waals surface area contributed by atoms with Crippen molar-refractivity contribution in [2.75, 3.05) is 13.1 Å². The van der Waals surface area contributed by atoms with Crippen molar-refractivity contribution in [2.45, 2.75) is 31.6 Å². The van der Waals surface area contributed by atoms with E-state index in [1.165, 1.54) is 6.07 Å². The van der Waals surface area contributed by atoms with Gasteiger partial charge in [0.2, 0.25) is 5.91 Å². The highest BCUT2D eigenvalue weighted by molar-refractivity contribution is 5.76. The molecule has 0 aliphatic carbocycles. The molecule has 1 atom stereocenters. The van der Waals surface area contributed by atoms with Crippen molar-refractivity contribution < 1.29 is 9.18 Å². The summed E-state index contributed by atoms with van der Waals surface area (Å²) in [5.74, 6) is 0.128. The molecule has 0 spiro atoms. The zero-order valence-corrected chi connectivity index (χ0v) is 12.5. The third kappa shape index (κ3) is 3.35. The summed E-state index contributed by atoms with van der Waals surface area (Å²) in [6.07, 6.45) is 6.69. The van der Waals surface area contributed by atoms with Gasteiger partial charge in [-0.2, -0.15) is 5.10 Å². The van der Waals surface area contributed by atoms with Crippen LogP contribution in [-0.2, 0) is 11.2 Å². The van der Waals surface area contributed by atoms with E-state index < -0.39 is 0 Å². The van der Waals surface area contributed by atoms with Crippen LogP contribution in [0, 0.1) is 5.82 Å². The molecule has 0 unspecified atom stereocenters. The summed E-state index contributed by atoms with van der Waals surface area (Å²) in [6.45, 7) is 1.36. The Morgan fingerprint density at radius 2 is 2.27 bits per heavy atom. The molecule has 116 valence electrons. The van der Waals surface area contributed by atoms with Crippen LogP contribution in [0.1, 0.15) is 36.3 Å². The zero-order valence-electron chi connectivity index (χ0n) is 12.5. The number of nitrogens with zero attached hydrogens (tertiary/aromatic N) is 2. The largest absolute Gasteiger partial charge is 0.342 e. The second kappa shape index (κ2) is 6.73. The van der Waals surface area contributed by atoms with E-state index in [0.29, 0.717) is 13.0 Å². The average molecular weight is 301 g/mol. The number of aromatic amines is 1. The molecule has 1 saturated heterocycles. The third-order valence-electron chi connectivity index (χ3n) is 4.30. The third-order valence-corrected chi connectivity index (χ3v) is 4.30. The van der Waals surface area contributed by atoms with Gasteiger partial charge < -0.3 is 4.90 Å². The summed E-state index contributed by atoms with van der Waals surface area (Å²) < 4.78 is 13.8. The number of amides is 1. The van der Waals surface area contributed by atoms with Crippen molar-refractivity contribution in [2.24, 2.45) is 0 Å². The first-order chi connectivity index (χ1) is 10.7. The van der Waals surface area contributed by atoms with Crippen molar-refractivity contribution >= 4 is 5.91 Å². The molecule has 0 saturated carbocycles. The summed E-state index contributed by atoms with van der Waals surface area (Å²) in [5.41, 5.74) is 1.86. The molecule has 0 radical (unpaired) electrons. The summed E-state index contributed by atoms with van der Waals surface area (Å²) >= 11 is 0. The topological polar surface area (TPSA) is 49.0 Å². The molecule has 22 heavy (non-hydrogen) atoms. The molecule has 1 aromatic carbocycles. The van der Waals surface area contributed by atoms with E-state index in [-0.39, 0.29) is 17.6 Å². The van der Waals surface area contributed by atoms with Crippen LogP contribution in [0.3, 0.4) is 0 Å². The van der Waals surface area contributed by atoms with Gasteiger partial charge in [-0.05, 0) is 36.5 Å². The summed E-state index contributed by atoms with van der Waals surface area (Å²) in [6, 6.07) is 6.87. The Morgan fingerprint density at radius 3 is 3.05 bits per heavy atom. The first-order valence-corrected chi connectivity index (χ1v) is 7.74. The fourth-order valence-corrected chi connectivity index (χ4v) is 3.06. The number of carbonyl (C=O) groups excluding carboxylic acids is 1. The van der Waals surface area contributed by atoms with Crippen LogP contribution < -0.4 is 0 Å². The maximum Gasteiger partial charge on any atom is 0.222 e. The molecule has 0 bridgehead atoms. The lowest BCUT2D eigenvalue weighted by Gasteiger charge is -2.17. The van der Waals surface area contributed by atoms with Crippen LogP contribution in [-0.4, -0.2) is 34.1 Å². The second-order valence-electron chi connectivity index (χ2n) is 5.81. The van der Waals surface area contributed by atoms with E-state index >= 15 is 0 Å². The van der Waals surface area contributed by atoms with Gasteiger partial charge in [0.05, 0.1) is 6.20 Å². The Morgan fingerprint density at radius 1 is 1.41 bits per heavy atom. The van der Waals surface area contributed by atoms with Crippen molar-refractivity contribution in [1.82, 2.24) is 15.1 Å². The van der Waals surface area contributed by atoms with Gasteiger partial charge >= 0.3 is 0 Å². The number of hydrogen-bond acceptors (Lipinski definition) is 2. The van der Waals surface area contributed by atoms with Crippen LogP contribution in [0.5, 0.6) is 0 Å². The normalized spacial score (nSPS) is 17.9. The van der Waals surface area contributed by atoms with Gasteiger partial charge in [-0.25, -0.2) is 4.39 Å². The van der Waals surface area contributed by atoms with Crippen molar-refractivity contribution in [1.29, 1.82) is 0 Å². The number of halogens is 1. The van der Waals surface area contributed by atoms with Gasteiger partial charge in [-0.15, -0.1) is 0 Å². The fourth-order valence-electron chi connectivity index (χ4n) is 3.06. The van der Waals surface area contributed by atoms with Gasteiger partial charge in [0.15, 0.2) is 0 Å². The number of rotatable bonds is 5. The van der Waals surface area contributed by atoms with Gasteiger partial charge in [0.25, 0.3) is 0 Å². The van der Waals surface area contributed by atoms with Gasteiger partial charge in [-0.3, -0.25) is 9.89 Å². The van der Waals surface area contributed by atoms with Crippen molar-refractivity contribution in [3.8, 4) is 0 Å². The molecule has 1 N–H and O–H groups in total. The van der Waals surface area contributed by atoms with Crippen LogP contribution in [0.2, 0.25) is 0 Å². The van der Waals surface area contributed by atoms with Crippen LogP contribution in [0.4, 0.5) is 4.39 Å². The van der Waals surface area contributed by atoms with Crippen molar-refractivity contribution in [3.63, 3.8) is 0 Å². The molecular formula is C17H20FN3O. The van der Waals surface area contributed by atoms with E-state index in [4.69, 9.17) is 0 Å². The van der Waals surface area contributed by atoms with E-state index in [1.807, 2.05) is 23.2 Å². The van der Waals surface area contributed by atoms with E-state index in [0.717, 1.165) is 36.9 Å². The molecule has 4 nitrogen and oxygen atoms in total. The highest BCUT2D eigenvalue weighted by Crippen LogP contribution is 2.29.